The summed E-state index contributed by atoms with van der Waals surface area (Å²) >= 11 is 0. The van der Waals surface area contributed by atoms with Gasteiger partial charge in [-0.2, -0.15) is 4.98 Å². The van der Waals surface area contributed by atoms with Gasteiger partial charge in [0, 0.05) is 18.3 Å². The van der Waals surface area contributed by atoms with Gasteiger partial charge in [-0.25, -0.2) is 4.98 Å². The van der Waals surface area contributed by atoms with Gasteiger partial charge in [-0.15, -0.1) is 0 Å². The van der Waals surface area contributed by atoms with E-state index < -0.39 is 0 Å². The Morgan fingerprint density at radius 3 is 2.60 bits per heavy atom. The number of anilines is 1. The third kappa shape index (κ3) is 5.03. The summed E-state index contributed by atoms with van der Waals surface area (Å²) in [6.45, 7) is 10.1. The van der Waals surface area contributed by atoms with E-state index in [0.29, 0.717) is 18.4 Å². The van der Waals surface area contributed by atoms with E-state index in [4.69, 9.17) is 9.47 Å². The van der Waals surface area contributed by atoms with Gasteiger partial charge in [0.15, 0.2) is 0 Å². The van der Waals surface area contributed by atoms with Gasteiger partial charge in [-0.05, 0) is 34.6 Å². The Bertz CT molecular complexity index is 435. The molecule has 0 radical (unpaired) electrons. The van der Waals surface area contributed by atoms with E-state index in [1.54, 1.807) is 24.1 Å². The Hall–Kier alpha value is -1.85. The van der Waals surface area contributed by atoms with Gasteiger partial charge in [-0.3, -0.25) is 4.79 Å². The lowest BCUT2D eigenvalue weighted by Crippen LogP contribution is -2.37. The average Bonchev–Trinajstić information content (AvgIpc) is 2.35. The maximum absolute atomic E-state index is 11.6. The van der Waals surface area contributed by atoms with Crippen LogP contribution in [0.15, 0.2) is 12.3 Å². The van der Waals surface area contributed by atoms with Crippen LogP contribution in [0.3, 0.4) is 0 Å². The van der Waals surface area contributed by atoms with E-state index >= 15 is 0 Å². The third-order valence-electron chi connectivity index (χ3n) is 2.46. The fraction of sp³-hybridized carbons (Fsp3) is 0.643. The Kier molecular flexibility index (Phi) is 6.21. The van der Waals surface area contributed by atoms with Crippen molar-refractivity contribution in [3.8, 4) is 5.88 Å². The molecule has 0 aromatic carbocycles. The molecule has 0 aliphatic heterocycles. The Balaban J connectivity index is 2.88. The number of esters is 1. The van der Waals surface area contributed by atoms with Crippen LogP contribution >= 0.6 is 0 Å². The molecular formula is C14H23N3O3. The maximum Gasteiger partial charge on any atom is 0.325 e. The van der Waals surface area contributed by atoms with Gasteiger partial charge in [0.1, 0.15) is 6.54 Å². The number of carbonyl (C=O) groups excluding carboxylic acids is 1. The minimum atomic E-state index is -0.292. The summed E-state index contributed by atoms with van der Waals surface area (Å²) in [5.41, 5.74) is 0. The van der Waals surface area contributed by atoms with E-state index in [2.05, 4.69) is 9.97 Å². The zero-order valence-corrected chi connectivity index (χ0v) is 12.8. The number of nitrogens with zero attached hydrogens (tertiary/aromatic N) is 3. The standard InChI is InChI=1S/C14H23N3O3/c1-6-19-13(18)9-17(10(2)3)14-15-8-7-12(16-14)20-11(4)5/h7-8,10-11H,6,9H2,1-5H3. The predicted molar refractivity (Wildman–Crippen MR) is 76.9 cm³/mol. The summed E-state index contributed by atoms with van der Waals surface area (Å²) in [6, 6.07) is 1.78. The monoisotopic (exact) mass is 281 g/mol. The van der Waals surface area contributed by atoms with Gasteiger partial charge in [-0.1, -0.05) is 0 Å². The highest BCUT2D eigenvalue weighted by molar-refractivity contribution is 5.75. The smallest absolute Gasteiger partial charge is 0.325 e. The van der Waals surface area contributed by atoms with Crippen molar-refractivity contribution in [1.29, 1.82) is 0 Å². The molecule has 6 heteroatoms. The molecule has 0 saturated heterocycles. The molecule has 0 N–H and O–H groups in total. The normalized spacial score (nSPS) is 10.8. The van der Waals surface area contributed by atoms with Gasteiger partial charge in [0.05, 0.1) is 12.7 Å². The Labute approximate surface area is 120 Å². The minimum absolute atomic E-state index is 0.0373. The van der Waals surface area contributed by atoms with Crippen molar-refractivity contribution >= 4 is 11.9 Å². The Morgan fingerprint density at radius 2 is 2.05 bits per heavy atom. The lowest BCUT2D eigenvalue weighted by atomic mass is 10.3. The first-order valence-corrected chi connectivity index (χ1v) is 6.86. The maximum atomic E-state index is 11.6. The topological polar surface area (TPSA) is 64.5 Å². The third-order valence-corrected chi connectivity index (χ3v) is 2.46. The van der Waals surface area contributed by atoms with E-state index in [0.717, 1.165) is 0 Å². The lowest BCUT2D eigenvalue weighted by Gasteiger charge is -2.25. The predicted octanol–water partition coefficient (Wildman–Crippen LogP) is 2.04. The summed E-state index contributed by atoms with van der Waals surface area (Å²) in [5.74, 6) is 0.672. The zero-order valence-electron chi connectivity index (χ0n) is 12.8. The SMILES string of the molecule is CCOC(=O)CN(c1nccc(OC(C)C)n1)C(C)C. The van der Waals surface area contributed by atoms with Crippen LogP contribution in [0.1, 0.15) is 34.6 Å². The quantitative estimate of drug-likeness (QED) is 0.713. The molecule has 0 bridgehead atoms. The fourth-order valence-electron chi connectivity index (χ4n) is 1.61. The molecule has 112 valence electrons. The molecule has 0 saturated carbocycles. The second-order valence-corrected chi connectivity index (χ2v) is 4.89. The molecule has 0 aliphatic carbocycles. The van der Waals surface area contributed by atoms with Crippen LogP contribution in [-0.2, 0) is 9.53 Å². The first kappa shape index (κ1) is 16.2. The fourth-order valence-corrected chi connectivity index (χ4v) is 1.61. The van der Waals surface area contributed by atoms with Gasteiger partial charge >= 0.3 is 5.97 Å². The minimum Gasteiger partial charge on any atom is -0.475 e. The molecule has 1 rings (SSSR count). The molecule has 0 atom stereocenters. The van der Waals surface area contributed by atoms with Crippen LogP contribution in [-0.4, -0.2) is 41.2 Å². The summed E-state index contributed by atoms with van der Waals surface area (Å²) in [6.07, 6.45) is 1.66. The number of hydrogen-bond donors (Lipinski definition) is 0. The van der Waals surface area contributed by atoms with E-state index in [9.17, 15) is 4.79 Å². The highest BCUT2D eigenvalue weighted by Gasteiger charge is 2.18. The summed E-state index contributed by atoms with van der Waals surface area (Å²) in [4.78, 5) is 22.0. The second kappa shape index (κ2) is 7.67. The van der Waals surface area contributed by atoms with Crippen molar-refractivity contribution in [2.75, 3.05) is 18.1 Å². The highest BCUT2D eigenvalue weighted by atomic mass is 16.5. The number of hydrogen-bond acceptors (Lipinski definition) is 6. The largest absolute Gasteiger partial charge is 0.475 e. The molecule has 0 spiro atoms. The molecule has 1 heterocycles. The number of ether oxygens (including phenoxy) is 2. The van der Waals surface area contributed by atoms with Crippen LogP contribution in [0.4, 0.5) is 5.95 Å². The number of carbonyl (C=O) groups is 1. The van der Waals surface area contributed by atoms with Crippen molar-refractivity contribution < 1.29 is 14.3 Å². The second-order valence-electron chi connectivity index (χ2n) is 4.89. The van der Waals surface area contributed by atoms with Gasteiger partial charge in [0.25, 0.3) is 0 Å². The van der Waals surface area contributed by atoms with E-state index in [1.807, 2.05) is 27.7 Å². The highest BCUT2D eigenvalue weighted by Crippen LogP contribution is 2.16. The molecule has 0 unspecified atom stereocenters. The number of aromatic nitrogens is 2. The molecule has 0 aliphatic rings. The Morgan fingerprint density at radius 1 is 1.35 bits per heavy atom. The first-order valence-electron chi connectivity index (χ1n) is 6.86. The van der Waals surface area contributed by atoms with Crippen molar-refractivity contribution in [1.82, 2.24) is 9.97 Å². The van der Waals surface area contributed by atoms with Crippen LogP contribution in [0, 0.1) is 0 Å². The van der Waals surface area contributed by atoms with Crippen LogP contribution in [0.25, 0.3) is 0 Å². The molecule has 6 nitrogen and oxygen atoms in total. The van der Waals surface area contributed by atoms with Crippen molar-refractivity contribution in [3.05, 3.63) is 12.3 Å². The van der Waals surface area contributed by atoms with Crippen molar-refractivity contribution in [3.63, 3.8) is 0 Å². The summed E-state index contributed by atoms with van der Waals surface area (Å²) < 4.78 is 10.5. The molecule has 1 aromatic heterocycles. The summed E-state index contributed by atoms with van der Waals surface area (Å²) in [7, 11) is 0. The van der Waals surface area contributed by atoms with Gasteiger partial charge < -0.3 is 14.4 Å². The molecule has 0 amide bonds. The van der Waals surface area contributed by atoms with Gasteiger partial charge in [0.2, 0.25) is 11.8 Å². The van der Waals surface area contributed by atoms with E-state index in [1.165, 1.54) is 0 Å². The number of rotatable bonds is 7. The molecule has 1 aromatic rings. The van der Waals surface area contributed by atoms with Crippen LogP contribution in [0.2, 0.25) is 0 Å². The molecule has 0 fully saturated rings. The molecule has 20 heavy (non-hydrogen) atoms. The zero-order chi connectivity index (χ0) is 15.1. The van der Waals surface area contributed by atoms with Crippen molar-refractivity contribution in [2.45, 2.75) is 46.8 Å². The van der Waals surface area contributed by atoms with Crippen LogP contribution in [0.5, 0.6) is 5.88 Å². The first-order chi connectivity index (χ1) is 9.43. The lowest BCUT2D eigenvalue weighted by molar-refractivity contribution is -0.141. The van der Waals surface area contributed by atoms with Crippen molar-refractivity contribution in [2.24, 2.45) is 0 Å². The molecular weight excluding hydrogens is 258 g/mol. The van der Waals surface area contributed by atoms with E-state index in [-0.39, 0.29) is 24.7 Å². The average molecular weight is 281 g/mol. The van der Waals surface area contributed by atoms with Crippen LogP contribution < -0.4 is 9.64 Å². The summed E-state index contributed by atoms with van der Waals surface area (Å²) in [5, 5.41) is 0.